The number of carbonyl (C=O) groups is 1. The first-order valence-corrected chi connectivity index (χ1v) is 8.38. The van der Waals surface area contributed by atoms with Gasteiger partial charge in [-0.25, -0.2) is 4.79 Å². The summed E-state index contributed by atoms with van der Waals surface area (Å²) in [5.41, 5.74) is 1.79. The number of rotatable bonds is 5. The summed E-state index contributed by atoms with van der Waals surface area (Å²) in [5, 5.41) is 10.1. The van der Waals surface area contributed by atoms with E-state index in [1.807, 2.05) is 41.2 Å². The summed E-state index contributed by atoms with van der Waals surface area (Å²) in [6, 6.07) is 9.74. The number of hydrogen-bond donors (Lipinski definition) is 2. The molecule has 24 heavy (non-hydrogen) atoms. The fourth-order valence-corrected chi connectivity index (χ4v) is 2.95. The Balaban J connectivity index is 1.57. The third-order valence-electron chi connectivity index (χ3n) is 3.98. The molecule has 0 bridgehead atoms. The zero-order valence-electron chi connectivity index (χ0n) is 14.1. The molecular formula is C18H24N4O2. The minimum Gasteiger partial charge on any atom is -0.371 e. The highest BCUT2D eigenvalue weighted by molar-refractivity contribution is 5.89. The molecule has 0 saturated carbocycles. The highest BCUT2D eigenvalue weighted by atomic mass is 16.5. The Morgan fingerprint density at radius 3 is 2.92 bits per heavy atom. The van der Waals surface area contributed by atoms with Crippen molar-refractivity contribution in [3.63, 3.8) is 0 Å². The minimum absolute atomic E-state index is 0.0295. The van der Waals surface area contributed by atoms with E-state index in [0.717, 1.165) is 18.5 Å². The summed E-state index contributed by atoms with van der Waals surface area (Å²) in [7, 11) is 0. The molecule has 1 aromatic carbocycles. The van der Waals surface area contributed by atoms with Crippen LogP contribution in [-0.4, -0.2) is 28.5 Å². The van der Waals surface area contributed by atoms with Crippen LogP contribution in [0.1, 0.15) is 31.9 Å². The SMILES string of the molecule is CC(C)Cn1cc(NC(=O)N[C@@H]2CCO[C@H]2c2ccccc2)cn1. The van der Waals surface area contributed by atoms with E-state index < -0.39 is 0 Å². The number of nitrogens with one attached hydrogen (secondary N) is 2. The maximum atomic E-state index is 12.3. The van der Waals surface area contributed by atoms with E-state index in [9.17, 15) is 4.79 Å². The van der Waals surface area contributed by atoms with E-state index in [1.54, 1.807) is 6.20 Å². The zero-order valence-corrected chi connectivity index (χ0v) is 14.1. The van der Waals surface area contributed by atoms with Crippen LogP contribution in [0.4, 0.5) is 10.5 Å². The van der Waals surface area contributed by atoms with Crippen LogP contribution in [0.2, 0.25) is 0 Å². The summed E-state index contributed by atoms with van der Waals surface area (Å²) >= 11 is 0. The third kappa shape index (κ3) is 4.14. The second-order valence-corrected chi connectivity index (χ2v) is 6.54. The fourth-order valence-electron chi connectivity index (χ4n) is 2.95. The monoisotopic (exact) mass is 328 g/mol. The van der Waals surface area contributed by atoms with Gasteiger partial charge < -0.3 is 15.4 Å². The number of hydrogen-bond acceptors (Lipinski definition) is 3. The lowest BCUT2D eigenvalue weighted by atomic mass is 10.0. The van der Waals surface area contributed by atoms with Crippen molar-refractivity contribution in [1.29, 1.82) is 0 Å². The highest BCUT2D eigenvalue weighted by Gasteiger charge is 2.30. The van der Waals surface area contributed by atoms with Gasteiger partial charge in [0.25, 0.3) is 0 Å². The lowest BCUT2D eigenvalue weighted by Gasteiger charge is -2.20. The average Bonchev–Trinajstić information content (AvgIpc) is 3.17. The molecule has 0 aliphatic carbocycles. The zero-order chi connectivity index (χ0) is 16.9. The normalized spacial score (nSPS) is 20.3. The molecule has 1 fully saturated rings. The molecule has 2 N–H and O–H groups in total. The smallest absolute Gasteiger partial charge is 0.319 e. The van der Waals surface area contributed by atoms with Gasteiger partial charge in [-0.1, -0.05) is 44.2 Å². The van der Waals surface area contributed by atoms with E-state index in [4.69, 9.17) is 4.74 Å². The van der Waals surface area contributed by atoms with Gasteiger partial charge in [-0.15, -0.1) is 0 Å². The van der Waals surface area contributed by atoms with Crippen molar-refractivity contribution in [3.05, 3.63) is 48.3 Å². The molecule has 1 saturated heterocycles. The molecule has 1 aliphatic heterocycles. The quantitative estimate of drug-likeness (QED) is 0.886. The standard InChI is InChI=1S/C18H24N4O2/c1-13(2)11-22-12-15(10-19-22)20-18(23)21-16-8-9-24-17(16)14-6-4-3-5-7-14/h3-7,10,12-13,16-17H,8-9,11H2,1-2H3,(H2,20,21,23)/t16-,17+/m1/s1. The Kier molecular flexibility index (Phi) is 5.15. The van der Waals surface area contributed by atoms with Gasteiger partial charge >= 0.3 is 6.03 Å². The van der Waals surface area contributed by atoms with Crippen LogP contribution >= 0.6 is 0 Å². The van der Waals surface area contributed by atoms with Crippen molar-refractivity contribution in [3.8, 4) is 0 Å². The molecule has 2 aromatic rings. The summed E-state index contributed by atoms with van der Waals surface area (Å²) < 4.78 is 7.63. The number of carbonyl (C=O) groups excluding carboxylic acids is 1. The summed E-state index contributed by atoms with van der Waals surface area (Å²) in [6.07, 6.45) is 4.22. The molecular weight excluding hydrogens is 304 g/mol. The second-order valence-electron chi connectivity index (χ2n) is 6.54. The number of ether oxygens (including phenoxy) is 1. The largest absolute Gasteiger partial charge is 0.371 e. The topological polar surface area (TPSA) is 68.2 Å². The number of nitrogens with zero attached hydrogens (tertiary/aromatic N) is 2. The molecule has 0 unspecified atom stereocenters. The third-order valence-corrected chi connectivity index (χ3v) is 3.98. The Bertz CT molecular complexity index is 669. The van der Waals surface area contributed by atoms with Crippen LogP contribution in [0, 0.1) is 5.92 Å². The molecule has 1 aromatic heterocycles. The van der Waals surface area contributed by atoms with Gasteiger partial charge in [-0.3, -0.25) is 4.68 Å². The number of amides is 2. The summed E-state index contributed by atoms with van der Waals surface area (Å²) in [6.45, 7) is 5.74. The molecule has 2 heterocycles. The predicted octanol–water partition coefficient (Wildman–Crippen LogP) is 3.19. The Hall–Kier alpha value is -2.34. The maximum Gasteiger partial charge on any atom is 0.319 e. The molecule has 3 rings (SSSR count). The van der Waals surface area contributed by atoms with E-state index in [-0.39, 0.29) is 18.2 Å². The van der Waals surface area contributed by atoms with Gasteiger partial charge in [0.15, 0.2) is 0 Å². The lowest BCUT2D eigenvalue weighted by Crippen LogP contribution is -2.39. The molecule has 1 aliphatic rings. The Morgan fingerprint density at radius 1 is 1.38 bits per heavy atom. The van der Waals surface area contributed by atoms with Gasteiger partial charge in [-0.05, 0) is 17.9 Å². The molecule has 6 heteroatoms. The van der Waals surface area contributed by atoms with E-state index in [0.29, 0.717) is 18.2 Å². The van der Waals surface area contributed by atoms with Crippen molar-refractivity contribution in [1.82, 2.24) is 15.1 Å². The van der Waals surface area contributed by atoms with Crippen molar-refractivity contribution < 1.29 is 9.53 Å². The van der Waals surface area contributed by atoms with Gasteiger partial charge in [-0.2, -0.15) is 5.10 Å². The lowest BCUT2D eigenvalue weighted by molar-refractivity contribution is 0.100. The second kappa shape index (κ2) is 7.49. The first-order chi connectivity index (χ1) is 11.6. The van der Waals surface area contributed by atoms with Crippen molar-refractivity contribution in [2.75, 3.05) is 11.9 Å². The van der Waals surface area contributed by atoms with Crippen LogP contribution in [0.3, 0.4) is 0 Å². The van der Waals surface area contributed by atoms with Gasteiger partial charge in [0.1, 0.15) is 6.10 Å². The van der Waals surface area contributed by atoms with Crippen molar-refractivity contribution >= 4 is 11.7 Å². The highest BCUT2D eigenvalue weighted by Crippen LogP contribution is 2.28. The van der Waals surface area contributed by atoms with E-state index >= 15 is 0 Å². The van der Waals surface area contributed by atoms with Crippen LogP contribution in [0.5, 0.6) is 0 Å². The minimum atomic E-state index is -0.226. The number of aromatic nitrogens is 2. The predicted molar refractivity (Wildman–Crippen MR) is 92.8 cm³/mol. The molecule has 0 spiro atoms. The first kappa shape index (κ1) is 16.5. The summed E-state index contributed by atoms with van der Waals surface area (Å²) in [4.78, 5) is 12.3. The maximum absolute atomic E-state index is 12.3. The number of anilines is 1. The number of benzene rings is 1. The van der Waals surface area contributed by atoms with Gasteiger partial charge in [0.05, 0.1) is 17.9 Å². The van der Waals surface area contributed by atoms with Crippen LogP contribution in [-0.2, 0) is 11.3 Å². The molecule has 2 atom stereocenters. The summed E-state index contributed by atoms with van der Waals surface area (Å²) in [5.74, 6) is 0.508. The average molecular weight is 328 g/mol. The molecule has 128 valence electrons. The van der Waals surface area contributed by atoms with E-state index in [1.165, 1.54) is 0 Å². The van der Waals surface area contributed by atoms with Crippen LogP contribution < -0.4 is 10.6 Å². The van der Waals surface area contributed by atoms with Crippen molar-refractivity contribution in [2.24, 2.45) is 5.92 Å². The molecule has 2 amide bonds. The van der Waals surface area contributed by atoms with Gasteiger partial charge in [0, 0.05) is 19.3 Å². The molecule has 6 nitrogen and oxygen atoms in total. The fraction of sp³-hybridized carbons (Fsp3) is 0.444. The van der Waals surface area contributed by atoms with Crippen molar-refractivity contribution in [2.45, 2.75) is 39.0 Å². The van der Waals surface area contributed by atoms with Crippen LogP contribution in [0.25, 0.3) is 0 Å². The van der Waals surface area contributed by atoms with Crippen LogP contribution in [0.15, 0.2) is 42.7 Å². The Labute approximate surface area is 142 Å². The Morgan fingerprint density at radius 2 is 2.17 bits per heavy atom. The van der Waals surface area contributed by atoms with Gasteiger partial charge in [0.2, 0.25) is 0 Å². The number of urea groups is 1. The molecule has 0 radical (unpaired) electrons. The first-order valence-electron chi connectivity index (χ1n) is 8.38. The van der Waals surface area contributed by atoms with E-state index in [2.05, 4.69) is 29.6 Å².